The van der Waals surface area contributed by atoms with Gasteiger partial charge in [0.25, 0.3) is 0 Å². The van der Waals surface area contributed by atoms with E-state index in [9.17, 15) is 0 Å². The number of pyridine rings is 1. The molecule has 0 aliphatic carbocycles. The van der Waals surface area contributed by atoms with Gasteiger partial charge in [-0.2, -0.15) is 10.5 Å². The van der Waals surface area contributed by atoms with Gasteiger partial charge in [-0.1, -0.05) is 12.1 Å². The summed E-state index contributed by atoms with van der Waals surface area (Å²) in [5, 5.41) is 20.7. The van der Waals surface area contributed by atoms with Crippen molar-refractivity contribution in [2.75, 3.05) is 5.32 Å². The fourth-order valence-corrected chi connectivity index (χ4v) is 1.70. The molecule has 0 saturated heterocycles. The molecule has 19 heavy (non-hydrogen) atoms. The monoisotopic (exact) mass is 248 g/mol. The third-order valence-electron chi connectivity index (χ3n) is 2.80. The quantitative estimate of drug-likeness (QED) is 0.906. The number of hydrogen-bond acceptors (Lipinski definition) is 4. The predicted octanol–water partition coefficient (Wildman–Crippen LogP) is 3.00. The van der Waals surface area contributed by atoms with E-state index in [1.165, 1.54) is 6.20 Å². The van der Waals surface area contributed by atoms with E-state index in [2.05, 4.69) is 16.4 Å². The Kier molecular flexibility index (Phi) is 3.75. The van der Waals surface area contributed by atoms with E-state index >= 15 is 0 Å². The second kappa shape index (κ2) is 5.66. The summed E-state index contributed by atoms with van der Waals surface area (Å²) in [7, 11) is 0. The van der Waals surface area contributed by atoms with Crippen LogP contribution in [-0.4, -0.2) is 4.98 Å². The summed E-state index contributed by atoms with van der Waals surface area (Å²) in [6, 6.07) is 15.1. The molecular weight excluding hydrogens is 236 g/mol. The maximum atomic E-state index is 8.75. The van der Waals surface area contributed by atoms with Crippen LogP contribution in [-0.2, 0) is 0 Å². The smallest absolute Gasteiger partial charge is 0.126 e. The molecule has 1 aromatic heterocycles. The molecule has 0 fully saturated rings. The number of benzene rings is 1. The standard InChI is InChI=1S/C15H12N4/c1-11(14-5-2-12(8-16)3-6-14)19-15-7-4-13(9-17)10-18-15/h2-7,10-11H,1H3,(H,18,19)/t11-/m1/s1. The maximum absolute atomic E-state index is 8.75. The van der Waals surface area contributed by atoms with Crippen LogP contribution in [0.5, 0.6) is 0 Å². The second-order valence-corrected chi connectivity index (χ2v) is 4.14. The Morgan fingerprint density at radius 3 is 2.16 bits per heavy atom. The van der Waals surface area contributed by atoms with Gasteiger partial charge in [-0.25, -0.2) is 4.98 Å². The highest BCUT2D eigenvalue weighted by Gasteiger charge is 2.06. The minimum atomic E-state index is 0.0770. The molecule has 0 saturated carbocycles. The van der Waals surface area contributed by atoms with Crippen molar-refractivity contribution < 1.29 is 0 Å². The fourth-order valence-electron chi connectivity index (χ4n) is 1.70. The number of rotatable bonds is 3. The number of aromatic nitrogens is 1. The zero-order valence-corrected chi connectivity index (χ0v) is 10.5. The van der Waals surface area contributed by atoms with Gasteiger partial charge in [-0.3, -0.25) is 0 Å². The molecule has 0 radical (unpaired) electrons. The van der Waals surface area contributed by atoms with Gasteiger partial charge >= 0.3 is 0 Å². The summed E-state index contributed by atoms with van der Waals surface area (Å²) < 4.78 is 0. The molecule has 2 rings (SSSR count). The van der Waals surface area contributed by atoms with Crippen molar-refractivity contribution in [2.45, 2.75) is 13.0 Å². The summed E-state index contributed by atoms with van der Waals surface area (Å²) in [5.74, 6) is 0.718. The third-order valence-corrected chi connectivity index (χ3v) is 2.80. The Balaban J connectivity index is 2.09. The Labute approximate surface area is 112 Å². The lowest BCUT2D eigenvalue weighted by atomic mass is 10.1. The Bertz CT molecular complexity index is 630. The Morgan fingerprint density at radius 1 is 1.00 bits per heavy atom. The van der Waals surface area contributed by atoms with Crippen molar-refractivity contribution in [2.24, 2.45) is 0 Å². The topological polar surface area (TPSA) is 72.5 Å². The largest absolute Gasteiger partial charge is 0.364 e. The highest BCUT2D eigenvalue weighted by atomic mass is 15.0. The molecule has 0 amide bonds. The van der Waals surface area contributed by atoms with Gasteiger partial charge in [0.15, 0.2) is 0 Å². The Hall–Kier alpha value is -2.85. The lowest BCUT2D eigenvalue weighted by Crippen LogP contribution is -2.07. The van der Waals surface area contributed by atoms with Gasteiger partial charge in [0, 0.05) is 12.2 Å². The van der Waals surface area contributed by atoms with E-state index in [0.29, 0.717) is 11.1 Å². The number of hydrogen-bond donors (Lipinski definition) is 1. The molecule has 0 aliphatic rings. The minimum Gasteiger partial charge on any atom is -0.364 e. The van der Waals surface area contributed by atoms with Crippen molar-refractivity contribution in [3.63, 3.8) is 0 Å². The summed E-state index contributed by atoms with van der Waals surface area (Å²) >= 11 is 0. The molecule has 2 aromatic rings. The van der Waals surface area contributed by atoms with Crippen molar-refractivity contribution in [3.8, 4) is 12.1 Å². The van der Waals surface area contributed by atoms with E-state index in [1.54, 1.807) is 24.3 Å². The summed E-state index contributed by atoms with van der Waals surface area (Å²) in [6.07, 6.45) is 1.54. The SMILES string of the molecule is C[C@@H](Nc1ccc(C#N)cn1)c1ccc(C#N)cc1. The normalized spacial score (nSPS) is 11.1. The number of anilines is 1. The lowest BCUT2D eigenvalue weighted by molar-refractivity contribution is 0.874. The highest BCUT2D eigenvalue weighted by molar-refractivity contribution is 5.42. The van der Waals surface area contributed by atoms with Crippen LogP contribution in [0, 0.1) is 22.7 Å². The summed E-state index contributed by atoms with van der Waals surface area (Å²) in [6.45, 7) is 2.02. The van der Waals surface area contributed by atoms with Gasteiger partial charge in [-0.15, -0.1) is 0 Å². The molecule has 0 aliphatic heterocycles. The van der Waals surface area contributed by atoms with Crippen molar-refractivity contribution in [1.82, 2.24) is 4.98 Å². The average Bonchev–Trinajstić information content (AvgIpc) is 2.48. The van der Waals surface area contributed by atoms with Crippen LogP contribution in [0.15, 0.2) is 42.6 Å². The van der Waals surface area contributed by atoms with E-state index in [0.717, 1.165) is 11.4 Å². The molecule has 92 valence electrons. The first-order valence-corrected chi connectivity index (χ1v) is 5.85. The molecule has 1 heterocycles. The zero-order chi connectivity index (χ0) is 13.7. The van der Waals surface area contributed by atoms with E-state index in [1.807, 2.05) is 25.1 Å². The number of nitriles is 2. The van der Waals surface area contributed by atoms with Crippen LogP contribution < -0.4 is 5.32 Å². The summed E-state index contributed by atoms with van der Waals surface area (Å²) in [4.78, 5) is 4.16. The van der Waals surface area contributed by atoms with E-state index in [4.69, 9.17) is 10.5 Å². The van der Waals surface area contributed by atoms with Crippen LogP contribution in [0.4, 0.5) is 5.82 Å². The molecule has 1 atom stereocenters. The van der Waals surface area contributed by atoms with E-state index in [-0.39, 0.29) is 6.04 Å². The van der Waals surface area contributed by atoms with Crippen LogP contribution in [0.3, 0.4) is 0 Å². The van der Waals surface area contributed by atoms with Gasteiger partial charge in [0.1, 0.15) is 11.9 Å². The van der Waals surface area contributed by atoms with Crippen LogP contribution in [0.2, 0.25) is 0 Å². The van der Waals surface area contributed by atoms with Gasteiger partial charge in [0.05, 0.1) is 17.2 Å². The molecule has 4 heteroatoms. The van der Waals surface area contributed by atoms with Crippen molar-refractivity contribution >= 4 is 5.82 Å². The van der Waals surface area contributed by atoms with Gasteiger partial charge in [-0.05, 0) is 36.8 Å². The number of nitrogens with one attached hydrogen (secondary N) is 1. The molecule has 0 unspecified atom stereocenters. The third kappa shape index (κ3) is 3.08. The zero-order valence-electron chi connectivity index (χ0n) is 10.5. The molecule has 0 spiro atoms. The molecule has 1 N–H and O–H groups in total. The van der Waals surface area contributed by atoms with Crippen LogP contribution in [0.1, 0.15) is 29.7 Å². The summed E-state index contributed by atoms with van der Waals surface area (Å²) in [5.41, 5.74) is 2.26. The molecule has 1 aromatic carbocycles. The molecular formula is C15H12N4. The highest BCUT2D eigenvalue weighted by Crippen LogP contribution is 2.18. The Morgan fingerprint density at radius 2 is 1.63 bits per heavy atom. The average molecular weight is 248 g/mol. The molecule has 4 nitrogen and oxygen atoms in total. The molecule has 0 bridgehead atoms. The van der Waals surface area contributed by atoms with Crippen LogP contribution in [0.25, 0.3) is 0 Å². The predicted molar refractivity (Wildman–Crippen MR) is 72.1 cm³/mol. The van der Waals surface area contributed by atoms with Gasteiger partial charge in [0.2, 0.25) is 0 Å². The first-order valence-electron chi connectivity index (χ1n) is 5.85. The minimum absolute atomic E-state index is 0.0770. The lowest BCUT2D eigenvalue weighted by Gasteiger charge is -2.14. The van der Waals surface area contributed by atoms with Gasteiger partial charge < -0.3 is 5.32 Å². The first-order chi connectivity index (χ1) is 9.22. The second-order valence-electron chi connectivity index (χ2n) is 4.14. The maximum Gasteiger partial charge on any atom is 0.126 e. The van der Waals surface area contributed by atoms with E-state index < -0.39 is 0 Å². The first kappa shape index (κ1) is 12.6. The van der Waals surface area contributed by atoms with Crippen molar-refractivity contribution in [1.29, 1.82) is 10.5 Å². The number of nitrogens with zero attached hydrogens (tertiary/aromatic N) is 3. The fraction of sp³-hybridized carbons (Fsp3) is 0.133. The van der Waals surface area contributed by atoms with Crippen LogP contribution >= 0.6 is 0 Å². The van der Waals surface area contributed by atoms with Crippen molar-refractivity contribution in [3.05, 3.63) is 59.3 Å².